The molecular formula is C24H21NO3S. The van der Waals surface area contributed by atoms with Crippen molar-refractivity contribution in [1.82, 2.24) is 4.90 Å². The van der Waals surface area contributed by atoms with Gasteiger partial charge in [0.2, 0.25) is 0 Å². The molecule has 0 saturated carbocycles. The second kappa shape index (κ2) is 8.53. The number of thioether (sulfide) groups is 1. The van der Waals surface area contributed by atoms with Gasteiger partial charge in [-0.2, -0.15) is 0 Å². The molecule has 0 atom stereocenters. The molecule has 29 heavy (non-hydrogen) atoms. The highest BCUT2D eigenvalue weighted by Gasteiger charge is 2.34. The molecule has 1 aliphatic heterocycles. The molecule has 146 valence electrons. The number of fused-ring (bicyclic) bond motifs is 1. The normalized spacial score (nSPS) is 15.5. The van der Waals surface area contributed by atoms with Crippen molar-refractivity contribution in [1.29, 1.82) is 0 Å². The number of carbonyl (C=O) groups is 2. The number of amides is 2. The minimum absolute atomic E-state index is 0.196. The minimum atomic E-state index is -0.210. The van der Waals surface area contributed by atoms with Crippen LogP contribution in [0.5, 0.6) is 5.75 Å². The smallest absolute Gasteiger partial charge is 0.293 e. The van der Waals surface area contributed by atoms with Crippen molar-refractivity contribution in [2.75, 3.05) is 6.54 Å². The van der Waals surface area contributed by atoms with E-state index in [-0.39, 0.29) is 11.1 Å². The van der Waals surface area contributed by atoms with E-state index in [9.17, 15) is 9.59 Å². The third-order valence-corrected chi connectivity index (χ3v) is 5.68. The van der Waals surface area contributed by atoms with E-state index in [4.69, 9.17) is 4.74 Å². The molecule has 3 aromatic carbocycles. The van der Waals surface area contributed by atoms with Gasteiger partial charge in [-0.25, -0.2) is 0 Å². The molecule has 0 radical (unpaired) electrons. The van der Waals surface area contributed by atoms with Crippen LogP contribution in [0.1, 0.15) is 24.5 Å². The molecule has 0 aromatic heterocycles. The summed E-state index contributed by atoms with van der Waals surface area (Å²) in [4.78, 5) is 26.1. The maximum atomic E-state index is 12.3. The predicted octanol–water partition coefficient (Wildman–Crippen LogP) is 5.87. The first kappa shape index (κ1) is 19.3. The summed E-state index contributed by atoms with van der Waals surface area (Å²) in [6, 6.07) is 22.0. The van der Waals surface area contributed by atoms with Crippen molar-refractivity contribution in [2.45, 2.75) is 20.0 Å². The van der Waals surface area contributed by atoms with Crippen LogP contribution in [0, 0.1) is 0 Å². The molecule has 1 aliphatic rings. The number of carbonyl (C=O) groups excluding carboxylic acids is 2. The molecule has 1 heterocycles. The average molecular weight is 404 g/mol. The molecule has 5 heteroatoms. The summed E-state index contributed by atoms with van der Waals surface area (Å²) >= 11 is 0.997. The Hall–Kier alpha value is -3.05. The highest BCUT2D eigenvalue weighted by Crippen LogP contribution is 2.32. The zero-order chi connectivity index (χ0) is 20.2. The van der Waals surface area contributed by atoms with Crippen LogP contribution >= 0.6 is 11.8 Å². The third-order valence-electron chi connectivity index (χ3n) is 4.77. The highest BCUT2D eigenvalue weighted by atomic mass is 32.2. The van der Waals surface area contributed by atoms with Gasteiger partial charge >= 0.3 is 0 Å². The maximum absolute atomic E-state index is 12.3. The molecule has 0 spiro atoms. The number of hydrogen-bond acceptors (Lipinski definition) is 4. The zero-order valence-electron chi connectivity index (χ0n) is 16.1. The van der Waals surface area contributed by atoms with Gasteiger partial charge in [-0.15, -0.1) is 0 Å². The molecule has 0 unspecified atom stereocenters. The summed E-state index contributed by atoms with van der Waals surface area (Å²) in [7, 11) is 0. The Morgan fingerprint density at radius 1 is 0.966 bits per heavy atom. The SMILES string of the molecule is CCCN1C(=O)S/C(=C/c2ccc(OCc3cccc4ccccc34)cc2)C1=O. The summed E-state index contributed by atoms with van der Waals surface area (Å²) in [6.45, 7) is 2.89. The largest absolute Gasteiger partial charge is 0.489 e. The molecule has 4 rings (SSSR count). The van der Waals surface area contributed by atoms with E-state index < -0.39 is 0 Å². The van der Waals surface area contributed by atoms with Crippen LogP contribution in [-0.2, 0) is 11.4 Å². The van der Waals surface area contributed by atoms with Crippen LogP contribution < -0.4 is 4.74 Å². The molecule has 4 nitrogen and oxygen atoms in total. The first-order valence-electron chi connectivity index (χ1n) is 9.60. The molecule has 1 saturated heterocycles. The van der Waals surface area contributed by atoms with Crippen molar-refractivity contribution < 1.29 is 14.3 Å². The lowest BCUT2D eigenvalue weighted by Crippen LogP contribution is -2.28. The zero-order valence-corrected chi connectivity index (χ0v) is 16.9. The third kappa shape index (κ3) is 4.20. The first-order valence-corrected chi connectivity index (χ1v) is 10.4. The molecule has 0 N–H and O–H groups in total. The molecular weight excluding hydrogens is 382 g/mol. The van der Waals surface area contributed by atoms with Crippen LogP contribution in [-0.4, -0.2) is 22.6 Å². The van der Waals surface area contributed by atoms with E-state index in [1.54, 1.807) is 6.08 Å². The van der Waals surface area contributed by atoms with Crippen LogP contribution in [0.25, 0.3) is 16.8 Å². The van der Waals surface area contributed by atoms with Crippen LogP contribution in [0.4, 0.5) is 4.79 Å². The van der Waals surface area contributed by atoms with Gasteiger partial charge in [-0.3, -0.25) is 14.5 Å². The monoisotopic (exact) mass is 403 g/mol. The Morgan fingerprint density at radius 3 is 2.52 bits per heavy atom. The van der Waals surface area contributed by atoms with Gasteiger partial charge in [-0.1, -0.05) is 61.5 Å². The predicted molar refractivity (Wildman–Crippen MR) is 118 cm³/mol. The van der Waals surface area contributed by atoms with Crippen LogP contribution in [0.2, 0.25) is 0 Å². The standard InChI is InChI=1S/C24H21NO3S/c1-2-14-25-23(26)22(29-24(25)27)15-17-10-12-20(13-11-17)28-16-19-8-5-7-18-6-3-4-9-21(18)19/h3-13,15H,2,14,16H2,1H3/b22-15+. The van der Waals surface area contributed by atoms with E-state index in [1.807, 2.05) is 49.4 Å². The maximum Gasteiger partial charge on any atom is 0.293 e. The lowest BCUT2D eigenvalue weighted by molar-refractivity contribution is -0.122. The fourth-order valence-corrected chi connectivity index (χ4v) is 4.17. The molecule has 1 fully saturated rings. The van der Waals surface area contributed by atoms with Crippen molar-refractivity contribution in [3.8, 4) is 5.75 Å². The van der Waals surface area contributed by atoms with Gasteiger partial charge in [0.05, 0.1) is 4.91 Å². The Morgan fingerprint density at radius 2 is 1.72 bits per heavy atom. The number of imide groups is 1. The second-order valence-corrected chi connectivity index (χ2v) is 7.82. The Kier molecular flexibility index (Phi) is 5.67. The van der Waals surface area contributed by atoms with E-state index in [0.29, 0.717) is 18.1 Å². The Bertz CT molecular complexity index is 1080. The molecule has 0 bridgehead atoms. The molecule has 0 aliphatic carbocycles. The van der Waals surface area contributed by atoms with E-state index >= 15 is 0 Å². The van der Waals surface area contributed by atoms with Crippen molar-refractivity contribution in [3.63, 3.8) is 0 Å². The van der Waals surface area contributed by atoms with Crippen LogP contribution in [0.15, 0.2) is 71.6 Å². The van der Waals surface area contributed by atoms with Gasteiger partial charge in [-0.05, 0) is 58.3 Å². The summed E-state index contributed by atoms with van der Waals surface area (Å²) in [5, 5.41) is 2.19. The Balaban J connectivity index is 1.45. The van der Waals surface area contributed by atoms with Gasteiger partial charge in [0, 0.05) is 6.54 Å². The second-order valence-electron chi connectivity index (χ2n) is 6.83. The van der Waals surface area contributed by atoms with E-state index in [0.717, 1.165) is 35.1 Å². The quantitative estimate of drug-likeness (QED) is 0.483. The summed E-state index contributed by atoms with van der Waals surface area (Å²) in [5.74, 6) is 0.548. The summed E-state index contributed by atoms with van der Waals surface area (Å²) in [6.07, 6.45) is 2.52. The van der Waals surface area contributed by atoms with Crippen LogP contribution in [0.3, 0.4) is 0 Å². The van der Waals surface area contributed by atoms with Gasteiger partial charge in [0.1, 0.15) is 12.4 Å². The van der Waals surface area contributed by atoms with Crippen molar-refractivity contribution in [2.24, 2.45) is 0 Å². The topological polar surface area (TPSA) is 46.6 Å². The number of benzene rings is 3. The fraction of sp³-hybridized carbons (Fsp3) is 0.167. The Labute approximate surface area is 174 Å². The summed E-state index contributed by atoms with van der Waals surface area (Å²) in [5.41, 5.74) is 2.00. The first-order chi connectivity index (χ1) is 14.2. The van der Waals surface area contributed by atoms with Crippen molar-refractivity contribution in [3.05, 3.63) is 82.8 Å². The van der Waals surface area contributed by atoms with Gasteiger partial charge < -0.3 is 4.74 Å². The summed E-state index contributed by atoms with van der Waals surface area (Å²) < 4.78 is 5.96. The van der Waals surface area contributed by atoms with Gasteiger partial charge in [0.25, 0.3) is 11.1 Å². The minimum Gasteiger partial charge on any atom is -0.489 e. The lowest BCUT2D eigenvalue weighted by Gasteiger charge is -2.10. The van der Waals surface area contributed by atoms with Crippen molar-refractivity contribution >= 4 is 39.8 Å². The fourth-order valence-electron chi connectivity index (χ4n) is 3.31. The number of nitrogens with zero attached hydrogens (tertiary/aromatic N) is 1. The number of rotatable bonds is 6. The van der Waals surface area contributed by atoms with E-state index in [1.165, 1.54) is 15.7 Å². The number of ether oxygens (including phenoxy) is 1. The van der Waals surface area contributed by atoms with Gasteiger partial charge in [0.15, 0.2) is 0 Å². The number of hydrogen-bond donors (Lipinski definition) is 0. The van der Waals surface area contributed by atoms with E-state index in [2.05, 4.69) is 24.3 Å². The molecule has 2 amide bonds. The lowest BCUT2D eigenvalue weighted by atomic mass is 10.1. The highest BCUT2D eigenvalue weighted by molar-refractivity contribution is 8.18. The molecule has 3 aromatic rings. The average Bonchev–Trinajstić information content (AvgIpc) is 3.01.